The number of phenolic OH excluding ortho intramolecular Hbond substituents is 1. The maximum absolute atomic E-state index is 11.0. The number of carbonyl (C=O) groups is 1. The summed E-state index contributed by atoms with van der Waals surface area (Å²) in [6.45, 7) is 1.97. The SMILES string of the molecule is CCCc1cccc(C(=O)OO)c1O.[H-].[Na+]. The van der Waals surface area contributed by atoms with Crippen LogP contribution < -0.4 is 29.6 Å². The van der Waals surface area contributed by atoms with Gasteiger partial charge in [0.15, 0.2) is 0 Å². The van der Waals surface area contributed by atoms with Gasteiger partial charge in [0.2, 0.25) is 0 Å². The molecular formula is C10H13NaO4. The van der Waals surface area contributed by atoms with Gasteiger partial charge in [0, 0.05) is 0 Å². The zero-order valence-electron chi connectivity index (χ0n) is 9.86. The molecule has 0 saturated heterocycles. The summed E-state index contributed by atoms with van der Waals surface area (Å²) in [4.78, 5) is 14.5. The molecule has 5 heteroatoms. The van der Waals surface area contributed by atoms with E-state index in [1.54, 1.807) is 12.1 Å². The van der Waals surface area contributed by atoms with Crippen molar-refractivity contribution in [3.63, 3.8) is 0 Å². The van der Waals surface area contributed by atoms with Crippen LogP contribution in [0.5, 0.6) is 5.75 Å². The van der Waals surface area contributed by atoms with Crippen molar-refractivity contribution >= 4 is 5.97 Å². The number of rotatable bonds is 3. The number of para-hydroxylation sites is 1. The normalized spacial score (nSPS) is 9.20. The Labute approximate surface area is 112 Å². The summed E-state index contributed by atoms with van der Waals surface area (Å²) in [5.74, 6) is -1.06. The second kappa shape index (κ2) is 6.85. The molecule has 0 bridgehead atoms. The monoisotopic (exact) mass is 220 g/mol. The van der Waals surface area contributed by atoms with Gasteiger partial charge in [-0.25, -0.2) is 4.79 Å². The van der Waals surface area contributed by atoms with Crippen LogP contribution >= 0.6 is 0 Å². The first-order chi connectivity index (χ1) is 6.70. The Hall–Kier alpha value is -0.550. The molecule has 1 aromatic carbocycles. The fourth-order valence-corrected chi connectivity index (χ4v) is 1.28. The Morgan fingerprint density at radius 3 is 2.73 bits per heavy atom. The first-order valence-corrected chi connectivity index (χ1v) is 4.37. The molecule has 4 nitrogen and oxygen atoms in total. The van der Waals surface area contributed by atoms with E-state index in [1.807, 2.05) is 6.92 Å². The van der Waals surface area contributed by atoms with Crippen molar-refractivity contribution in [1.82, 2.24) is 0 Å². The summed E-state index contributed by atoms with van der Waals surface area (Å²) in [5, 5.41) is 17.8. The van der Waals surface area contributed by atoms with E-state index in [0.29, 0.717) is 12.0 Å². The van der Waals surface area contributed by atoms with Crippen LogP contribution in [-0.2, 0) is 11.3 Å². The van der Waals surface area contributed by atoms with Gasteiger partial charge in [0.25, 0.3) is 0 Å². The number of phenols is 1. The third kappa shape index (κ3) is 3.50. The van der Waals surface area contributed by atoms with Gasteiger partial charge in [0.05, 0.1) is 0 Å². The molecule has 0 aliphatic rings. The van der Waals surface area contributed by atoms with E-state index >= 15 is 0 Å². The minimum absolute atomic E-state index is 0. The molecule has 0 fully saturated rings. The molecular weight excluding hydrogens is 207 g/mol. The van der Waals surface area contributed by atoms with E-state index in [4.69, 9.17) is 5.26 Å². The van der Waals surface area contributed by atoms with Gasteiger partial charge in [-0.2, -0.15) is 5.26 Å². The third-order valence-electron chi connectivity index (χ3n) is 1.94. The molecule has 0 unspecified atom stereocenters. The second-order valence-electron chi connectivity index (χ2n) is 2.94. The van der Waals surface area contributed by atoms with Crippen LogP contribution in [-0.4, -0.2) is 16.3 Å². The average Bonchev–Trinajstić information content (AvgIpc) is 2.20. The fourth-order valence-electron chi connectivity index (χ4n) is 1.28. The number of aryl methyl sites for hydroxylation is 1. The Kier molecular flexibility index (Phi) is 6.60. The van der Waals surface area contributed by atoms with Crippen molar-refractivity contribution in [2.45, 2.75) is 19.8 Å². The van der Waals surface area contributed by atoms with Crippen molar-refractivity contribution in [1.29, 1.82) is 0 Å². The summed E-state index contributed by atoms with van der Waals surface area (Å²) < 4.78 is 0. The van der Waals surface area contributed by atoms with E-state index < -0.39 is 5.97 Å². The maximum Gasteiger partial charge on any atom is 1.00 e. The third-order valence-corrected chi connectivity index (χ3v) is 1.94. The molecule has 0 heterocycles. The van der Waals surface area contributed by atoms with Crippen LogP contribution in [0.4, 0.5) is 0 Å². The molecule has 0 atom stereocenters. The van der Waals surface area contributed by atoms with Crippen LogP contribution in [0, 0.1) is 0 Å². The summed E-state index contributed by atoms with van der Waals surface area (Å²) in [6.07, 6.45) is 1.55. The van der Waals surface area contributed by atoms with Crippen molar-refractivity contribution in [2.75, 3.05) is 0 Å². The van der Waals surface area contributed by atoms with Gasteiger partial charge in [-0.05, 0) is 18.1 Å². The van der Waals surface area contributed by atoms with Crippen LogP contribution in [0.2, 0.25) is 0 Å². The van der Waals surface area contributed by atoms with Crippen LogP contribution in [0.3, 0.4) is 0 Å². The van der Waals surface area contributed by atoms with Gasteiger partial charge in [-0.3, -0.25) is 4.89 Å². The van der Waals surface area contributed by atoms with Crippen molar-refractivity contribution in [3.8, 4) is 5.75 Å². The molecule has 15 heavy (non-hydrogen) atoms. The van der Waals surface area contributed by atoms with Gasteiger partial charge in [-0.15, -0.1) is 0 Å². The Morgan fingerprint density at radius 1 is 1.53 bits per heavy atom. The quantitative estimate of drug-likeness (QED) is 0.393. The van der Waals surface area contributed by atoms with Crippen LogP contribution in [0.25, 0.3) is 0 Å². The number of aromatic hydroxyl groups is 1. The fraction of sp³-hybridized carbons (Fsp3) is 0.300. The summed E-state index contributed by atoms with van der Waals surface area (Å²) in [5.41, 5.74) is 0.661. The first kappa shape index (κ1) is 14.5. The molecule has 1 rings (SSSR count). The molecule has 2 N–H and O–H groups in total. The molecule has 0 saturated carbocycles. The van der Waals surface area contributed by atoms with Crippen molar-refractivity contribution in [2.24, 2.45) is 0 Å². The maximum atomic E-state index is 11.0. The Balaban J connectivity index is 0. The zero-order chi connectivity index (χ0) is 10.6. The minimum atomic E-state index is -0.944. The number of hydrogen-bond donors (Lipinski definition) is 2. The van der Waals surface area contributed by atoms with E-state index in [0.717, 1.165) is 6.42 Å². The van der Waals surface area contributed by atoms with Crippen molar-refractivity contribution in [3.05, 3.63) is 29.3 Å². The zero-order valence-corrected chi connectivity index (χ0v) is 10.9. The topological polar surface area (TPSA) is 66.8 Å². The number of hydrogen-bond acceptors (Lipinski definition) is 4. The van der Waals surface area contributed by atoms with Crippen molar-refractivity contribution < 1.29 is 51.0 Å². The largest absolute Gasteiger partial charge is 1.00 e. The number of carbonyl (C=O) groups excluding carboxylic acids is 1. The van der Waals surface area contributed by atoms with Gasteiger partial charge < -0.3 is 6.53 Å². The van der Waals surface area contributed by atoms with Gasteiger partial charge in [-0.1, -0.05) is 25.5 Å². The predicted octanol–water partition coefficient (Wildman–Crippen LogP) is -0.909. The van der Waals surface area contributed by atoms with Crippen LogP contribution in [0.1, 0.15) is 30.7 Å². The first-order valence-electron chi connectivity index (χ1n) is 4.37. The molecule has 78 valence electrons. The van der Waals surface area contributed by atoms with E-state index in [1.165, 1.54) is 6.07 Å². The second-order valence-corrected chi connectivity index (χ2v) is 2.94. The number of benzene rings is 1. The summed E-state index contributed by atoms with van der Waals surface area (Å²) in [7, 11) is 0. The molecule has 0 radical (unpaired) electrons. The smallest absolute Gasteiger partial charge is 1.00 e. The Morgan fingerprint density at radius 2 is 2.20 bits per heavy atom. The average molecular weight is 220 g/mol. The minimum Gasteiger partial charge on any atom is -1.00 e. The Bertz CT molecular complexity index is 344. The molecule has 0 spiro atoms. The molecule has 0 aromatic heterocycles. The molecule has 0 amide bonds. The van der Waals surface area contributed by atoms with Gasteiger partial charge in [0.1, 0.15) is 11.3 Å². The summed E-state index contributed by atoms with van der Waals surface area (Å²) >= 11 is 0. The van der Waals surface area contributed by atoms with E-state index in [-0.39, 0.29) is 42.3 Å². The molecule has 0 aliphatic carbocycles. The van der Waals surface area contributed by atoms with E-state index in [2.05, 4.69) is 4.89 Å². The van der Waals surface area contributed by atoms with E-state index in [9.17, 15) is 9.90 Å². The predicted molar refractivity (Wildman–Crippen MR) is 51.3 cm³/mol. The standard InChI is InChI=1S/C10H12O4.Na.H/c1-2-4-7-5-3-6-8(9(7)11)10(12)14-13;;/h3,5-6,11,13H,2,4H2,1H3;;/q;+1;-1. The summed E-state index contributed by atoms with van der Waals surface area (Å²) in [6, 6.07) is 4.76. The molecule has 1 aromatic rings. The molecule has 0 aliphatic heterocycles. The van der Waals surface area contributed by atoms with Gasteiger partial charge >= 0.3 is 35.5 Å². The van der Waals surface area contributed by atoms with Crippen LogP contribution in [0.15, 0.2) is 18.2 Å².